The zero-order valence-corrected chi connectivity index (χ0v) is 16.8. The van der Waals surface area contributed by atoms with Gasteiger partial charge >= 0.3 is 5.97 Å². The first-order valence-corrected chi connectivity index (χ1v) is 9.26. The topological polar surface area (TPSA) is 144 Å². The van der Waals surface area contributed by atoms with E-state index >= 15 is 0 Å². The highest BCUT2D eigenvalue weighted by atomic mass is 16.4. The Kier molecular flexibility index (Phi) is 7.11. The number of hydrazone groups is 1. The molecule has 0 aliphatic rings. The van der Waals surface area contributed by atoms with Crippen LogP contribution in [0, 0.1) is 25.7 Å². The Morgan fingerprint density at radius 1 is 1.36 bits per heavy atom. The second kappa shape index (κ2) is 9.32. The van der Waals surface area contributed by atoms with E-state index in [1.165, 1.54) is 0 Å². The summed E-state index contributed by atoms with van der Waals surface area (Å²) in [6, 6.07) is 3.87. The molecule has 0 aliphatic heterocycles. The van der Waals surface area contributed by atoms with E-state index in [1.807, 2.05) is 44.6 Å². The first-order valence-electron chi connectivity index (χ1n) is 9.26. The summed E-state index contributed by atoms with van der Waals surface area (Å²) in [6.45, 7) is 5.89. The van der Waals surface area contributed by atoms with Gasteiger partial charge in [0.25, 0.3) is 0 Å². The maximum absolute atomic E-state index is 11.8. The van der Waals surface area contributed by atoms with Gasteiger partial charge in [0.2, 0.25) is 0 Å². The number of carbonyl (C=O) groups is 1. The van der Waals surface area contributed by atoms with E-state index in [0.717, 1.165) is 34.6 Å². The third-order valence-electron chi connectivity index (χ3n) is 5.09. The zero-order chi connectivity index (χ0) is 20.8. The van der Waals surface area contributed by atoms with Gasteiger partial charge in [-0.1, -0.05) is 19.4 Å². The molecule has 0 fully saturated rings. The molecule has 2 aromatic rings. The molecular weight excluding hydrogens is 358 g/mol. The highest BCUT2D eigenvalue weighted by Crippen LogP contribution is 2.27. The molecule has 0 aliphatic carbocycles. The van der Waals surface area contributed by atoms with Gasteiger partial charge in [-0.3, -0.25) is 14.5 Å². The fraction of sp³-hybridized carbons (Fsp3) is 0.474. The van der Waals surface area contributed by atoms with Gasteiger partial charge in [0.15, 0.2) is 0 Å². The number of nitrogens with one attached hydrogen (secondary N) is 1. The van der Waals surface area contributed by atoms with Crippen molar-refractivity contribution in [1.82, 2.24) is 20.2 Å². The number of hydrazine groups is 1. The Morgan fingerprint density at radius 3 is 2.50 bits per heavy atom. The summed E-state index contributed by atoms with van der Waals surface area (Å²) in [5.41, 5.74) is 7.12. The molecule has 0 amide bonds. The van der Waals surface area contributed by atoms with Gasteiger partial charge in [-0.25, -0.2) is 5.84 Å². The Balaban J connectivity index is 2.33. The highest BCUT2D eigenvalue weighted by Gasteiger charge is 2.31. The number of hydrogen-bond donors (Lipinski definition) is 4. The second-order valence-corrected chi connectivity index (χ2v) is 6.92. The molecule has 2 heterocycles. The summed E-state index contributed by atoms with van der Waals surface area (Å²) >= 11 is 0. The number of amidine groups is 1. The minimum atomic E-state index is -0.894. The van der Waals surface area contributed by atoms with Crippen LogP contribution in [0.3, 0.4) is 0 Å². The van der Waals surface area contributed by atoms with Crippen molar-refractivity contribution in [2.45, 2.75) is 40.0 Å². The van der Waals surface area contributed by atoms with Crippen LogP contribution in [0.5, 0.6) is 0 Å². The molecule has 2 aromatic heterocycles. The van der Waals surface area contributed by atoms with Crippen LogP contribution in [0.2, 0.25) is 0 Å². The fourth-order valence-electron chi connectivity index (χ4n) is 3.57. The minimum Gasteiger partial charge on any atom is -0.481 e. The number of carboxylic acids is 1. The third kappa shape index (κ3) is 4.48. The molecule has 0 saturated carbocycles. The maximum atomic E-state index is 11.8. The summed E-state index contributed by atoms with van der Waals surface area (Å²) in [4.78, 5) is 16.4. The molecule has 9 nitrogen and oxygen atoms in total. The number of carboxylic acid groups (broad SMARTS) is 1. The lowest BCUT2D eigenvalue weighted by Gasteiger charge is -2.24. The van der Waals surface area contributed by atoms with Gasteiger partial charge in [-0.2, -0.15) is 10.2 Å². The van der Waals surface area contributed by atoms with Gasteiger partial charge < -0.3 is 16.4 Å². The average Bonchev–Trinajstić information content (AvgIpc) is 2.92. The number of pyridine rings is 1. The van der Waals surface area contributed by atoms with Gasteiger partial charge in [0, 0.05) is 30.4 Å². The van der Waals surface area contributed by atoms with Crippen molar-refractivity contribution in [2.75, 3.05) is 0 Å². The molecular formula is C19H29N7O2. The molecule has 2 rings (SSSR count). The van der Waals surface area contributed by atoms with E-state index in [1.54, 1.807) is 6.20 Å². The number of aliphatic carboxylic acids is 1. The normalized spacial score (nSPS) is 14.0. The standard InChI is InChI=1S/C19H29N7O2/c1-5-6-14(19(27)28)15(18(23-20)24-21)9-13-7-8-16(22-10-13)17-11(2)25-26(4)12(17)3/h7-8,10,14-15H,5-6,9,20-21H2,1-4H3,(H,23,24)(H,27,28)/t14-,15?/m0/s1. The van der Waals surface area contributed by atoms with Crippen molar-refractivity contribution in [3.63, 3.8) is 0 Å². The van der Waals surface area contributed by atoms with E-state index in [-0.39, 0.29) is 5.84 Å². The summed E-state index contributed by atoms with van der Waals surface area (Å²) < 4.78 is 1.83. The number of rotatable bonds is 8. The monoisotopic (exact) mass is 387 g/mol. The van der Waals surface area contributed by atoms with Crippen LogP contribution < -0.4 is 17.1 Å². The van der Waals surface area contributed by atoms with E-state index < -0.39 is 17.8 Å². The lowest BCUT2D eigenvalue weighted by atomic mass is 9.83. The van der Waals surface area contributed by atoms with Gasteiger partial charge in [-0.15, -0.1) is 0 Å². The first-order chi connectivity index (χ1) is 13.3. The van der Waals surface area contributed by atoms with Crippen molar-refractivity contribution in [3.05, 3.63) is 35.3 Å². The predicted molar refractivity (Wildman–Crippen MR) is 108 cm³/mol. The smallest absolute Gasteiger partial charge is 0.307 e. The Hall–Kier alpha value is -2.94. The van der Waals surface area contributed by atoms with Crippen molar-refractivity contribution < 1.29 is 9.90 Å². The predicted octanol–water partition coefficient (Wildman–Crippen LogP) is 1.49. The van der Waals surface area contributed by atoms with Crippen LogP contribution in [0.15, 0.2) is 23.4 Å². The molecule has 0 bridgehead atoms. The van der Waals surface area contributed by atoms with Crippen LogP contribution in [0.1, 0.15) is 36.7 Å². The summed E-state index contributed by atoms with van der Waals surface area (Å²) in [7, 11) is 1.90. The Labute approximate surface area is 164 Å². The third-order valence-corrected chi connectivity index (χ3v) is 5.09. The van der Waals surface area contributed by atoms with Crippen LogP contribution in [0.4, 0.5) is 0 Å². The van der Waals surface area contributed by atoms with Crippen LogP contribution >= 0.6 is 0 Å². The fourth-order valence-corrected chi connectivity index (χ4v) is 3.57. The van der Waals surface area contributed by atoms with Gasteiger partial charge in [0.05, 0.1) is 17.3 Å². The van der Waals surface area contributed by atoms with Gasteiger partial charge in [-0.05, 0) is 38.3 Å². The molecule has 152 valence electrons. The van der Waals surface area contributed by atoms with Crippen LogP contribution in [-0.2, 0) is 18.3 Å². The molecule has 9 heteroatoms. The number of aryl methyl sites for hydroxylation is 2. The van der Waals surface area contributed by atoms with E-state index in [2.05, 4.69) is 20.6 Å². The van der Waals surface area contributed by atoms with Crippen LogP contribution in [0.25, 0.3) is 11.3 Å². The molecule has 0 radical (unpaired) electrons. The van der Waals surface area contributed by atoms with Gasteiger partial charge in [0.1, 0.15) is 5.84 Å². The lowest BCUT2D eigenvalue weighted by Crippen LogP contribution is -2.43. The highest BCUT2D eigenvalue weighted by molar-refractivity contribution is 5.88. The lowest BCUT2D eigenvalue weighted by molar-refractivity contribution is -0.143. The molecule has 0 spiro atoms. The summed E-state index contributed by atoms with van der Waals surface area (Å²) in [6.07, 6.45) is 3.39. The molecule has 0 aromatic carbocycles. The second-order valence-electron chi connectivity index (χ2n) is 6.92. The Bertz CT molecular complexity index is 843. The average molecular weight is 387 g/mol. The number of aromatic nitrogens is 3. The quantitative estimate of drug-likeness (QED) is 0.232. The minimum absolute atomic E-state index is 0.267. The largest absolute Gasteiger partial charge is 0.481 e. The summed E-state index contributed by atoms with van der Waals surface area (Å²) in [5.74, 6) is 9.22. The SMILES string of the molecule is CCC[C@H](C(=O)O)C(Cc1ccc(-c2c(C)nn(C)c2C)nc1)/C(=N/N)NN. The summed E-state index contributed by atoms with van der Waals surface area (Å²) in [5, 5.41) is 17.8. The molecule has 2 atom stereocenters. The number of nitrogens with zero attached hydrogens (tertiary/aromatic N) is 4. The van der Waals surface area contributed by atoms with E-state index in [4.69, 9.17) is 11.7 Å². The van der Waals surface area contributed by atoms with Crippen LogP contribution in [-0.4, -0.2) is 31.7 Å². The maximum Gasteiger partial charge on any atom is 0.307 e. The van der Waals surface area contributed by atoms with Crippen molar-refractivity contribution >= 4 is 11.8 Å². The molecule has 28 heavy (non-hydrogen) atoms. The Morgan fingerprint density at radius 2 is 2.07 bits per heavy atom. The molecule has 6 N–H and O–H groups in total. The number of hydrogen-bond acceptors (Lipinski definition) is 6. The molecule has 0 saturated heterocycles. The van der Waals surface area contributed by atoms with Crippen molar-refractivity contribution in [1.29, 1.82) is 0 Å². The van der Waals surface area contributed by atoms with E-state index in [9.17, 15) is 9.90 Å². The number of nitrogens with two attached hydrogens (primary N) is 2. The zero-order valence-electron chi connectivity index (χ0n) is 16.8. The van der Waals surface area contributed by atoms with Crippen molar-refractivity contribution in [2.24, 2.45) is 35.7 Å². The first kappa shape index (κ1) is 21.4. The van der Waals surface area contributed by atoms with E-state index in [0.29, 0.717) is 12.8 Å². The molecule has 1 unspecified atom stereocenters. The van der Waals surface area contributed by atoms with Crippen molar-refractivity contribution in [3.8, 4) is 11.3 Å².